The van der Waals surface area contributed by atoms with Crippen LogP contribution in [0.4, 0.5) is 10.7 Å². The molecule has 2 unspecified atom stereocenters. The van der Waals surface area contributed by atoms with E-state index in [0.29, 0.717) is 16.5 Å². The largest absolute Gasteiger partial charge is 0.465 e. The van der Waals surface area contributed by atoms with E-state index in [2.05, 4.69) is 31.2 Å². The molecule has 0 aliphatic heterocycles. The maximum atomic E-state index is 12.8. The number of amides is 1. The van der Waals surface area contributed by atoms with Gasteiger partial charge in [0.15, 0.2) is 0 Å². The Morgan fingerprint density at radius 2 is 2.13 bits per heavy atom. The number of nitro groups is 1. The molecule has 0 saturated carbocycles. The number of fused-ring (bicyclic) bond motifs is 1. The first-order valence-corrected chi connectivity index (χ1v) is 10.6. The van der Waals surface area contributed by atoms with E-state index in [1.165, 1.54) is 29.3 Å². The molecule has 0 saturated heterocycles. The summed E-state index contributed by atoms with van der Waals surface area (Å²) in [5.41, 5.74) is 1.33. The number of anilines is 1. The predicted octanol–water partition coefficient (Wildman–Crippen LogP) is 3.99. The minimum atomic E-state index is -0.786. The van der Waals surface area contributed by atoms with Crippen LogP contribution in [-0.2, 0) is 22.4 Å². The standard InChI is InChI=1S/C20H26N4O5S/c1-11(23-10-13(9-21-23)24(27)28)17(25)22-18-16(19(26)29-5)14-7-6-12(20(2,3)4)8-15(14)30-18/h9-12H,6-8H2,1-5H3,(H,22,25). The molecule has 162 valence electrons. The van der Waals surface area contributed by atoms with Crippen molar-refractivity contribution in [3.8, 4) is 0 Å². The van der Waals surface area contributed by atoms with Crippen molar-refractivity contribution >= 4 is 33.9 Å². The van der Waals surface area contributed by atoms with Crippen molar-refractivity contribution in [3.63, 3.8) is 0 Å². The van der Waals surface area contributed by atoms with Crippen LogP contribution in [0.15, 0.2) is 12.4 Å². The first-order chi connectivity index (χ1) is 14.0. The van der Waals surface area contributed by atoms with Crippen LogP contribution in [0.25, 0.3) is 0 Å². The topological polar surface area (TPSA) is 116 Å². The summed E-state index contributed by atoms with van der Waals surface area (Å²) in [5.74, 6) is -0.398. The van der Waals surface area contributed by atoms with Crippen LogP contribution in [0.5, 0.6) is 0 Å². The summed E-state index contributed by atoms with van der Waals surface area (Å²) in [6, 6.07) is -0.786. The number of hydrogen-bond acceptors (Lipinski definition) is 7. The fourth-order valence-corrected chi connectivity index (χ4v) is 5.02. The molecular formula is C20H26N4O5S. The molecule has 0 bridgehead atoms. The lowest BCUT2D eigenvalue weighted by molar-refractivity contribution is -0.385. The van der Waals surface area contributed by atoms with Crippen molar-refractivity contribution in [2.75, 3.05) is 12.4 Å². The molecule has 1 aliphatic carbocycles. The summed E-state index contributed by atoms with van der Waals surface area (Å²) < 4.78 is 6.21. The molecular weight excluding hydrogens is 408 g/mol. The van der Waals surface area contributed by atoms with Gasteiger partial charge < -0.3 is 10.1 Å². The molecule has 2 heterocycles. The minimum Gasteiger partial charge on any atom is -0.465 e. The second-order valence-electron chi connectivity index (χ2n) is 8.61. The Bertz CT molecular complexity index is 988. The number of carbonyl (C=O) groups excluding carboxylic acids is 2. The molecule has 10 heteroatoms. The van der Waals surface area contributed by atoms with Gasteiger partial charge in [-0.25, -0.2) is 4.79 Å². The van der Waals surface area contributed by atoms with Gasteiger partial charge in [0, 0.05) is 4.88 Å². The number of ether oxygens (including phenoxy) is 1. The molecule has 2 aromatic heterocycles. The molecule has 0 aromatic carbocycles. The van der Waals surface area contributed by atoms with Crippen LogP contribution in [0.3, 0.4) is 0 Å². The van der Waals surface area contributed by atoms with Crippen molar-refractivity contribution in [3.05, 3.63) is 38.5 Å². The number of hydrogen-bond donors (Lipinski definition) is 1. The summed E-state index contributed by atoms with van der Waals surface area (Å²) in [7, 11) is 1.32. The molecule has 0 spiro atoms. The van der Waals surface area contributed by atoms with E-state index < -0.39 is 22.8 Å². The Morgan fingerprint density at radius 3 is 2.70 bits per heavy atom. The van der Waals surface area contributed by atoms with Crippen LogP contribution in [0, 0.1) is 21.4 Å². The zero-order valence-corrected chi connectivity index (χ0v) is 18.5. The number of methoxy groups -OCH3 is 1. The minimum absolute atomic E-state index is 0.153. The highest BCUT2D eigenvalue weighted by Gasteiger charge is 2.34. The quantitative estimate of drug-likeness (QED) is 0.432. The molecule has 0 fully saturated rings. The van der Waals surface area contributed by atoms with E-state index in [9.17, 15) is 19.7 Å². The molecule has 9 nitrogen and oxygen atoms in total. The molecule has 1 N–H and O–H groups in total. The Morgan fingerprint density at radius 1 is 1.43 bits per heavy atom. The van der Waals surface area contributed by atoms with Crippen LogP contribution in [-0.4, -0.2) is 33.7 Å². The van der Waals surface area contributed by atoms with Crippen molar-refractivity contribution in [2.24, 2.45) is 11.3 Å². The van der Waals surface area contributed by atoms with Crippen LogP contribution in [0.1, 0.15) is 61.0 Å². The molecule has 3 rings (SSSR count). The van der Waals surface area contributed by atoms with E-state index in [-0.39, 0.29) is 11.1 Å². The average molecular weight is 435 g/mol. The van der Waals surface area contributed by atoms with Crippen molar-refractivity contribution < 1.29 is 19.2 Å². The Kier molecular flexibility index (Phi) is 5.98. The molecule has 1 amide bonds. The first-order valence-electron chi connectivity index (χ1n) is 9.75. The van der Waals surface area contributed by atoms with Crippen LogP contribution >= 0.6 is 11.3 Å². The monoisotopic (exact) mass is 434 g/mol. The van der Waals surface area contributed by atoms with E-state index in [0.717, 1.165) is 35.9 Å². The van der Waals surface area contributed by atoms with Crippen molar-refractivity contribution in [1.29, 1.82) is 0 Å². The van der Waals surface area contributed by atoms with Gasteiger partial charge in [-0.2, -0.15) is 5.10 Å². The third-order valence-electron chi connectivity index (χ3n) is 5.69. The zero-order valence-electron chi connectivity index (χ0n) is 17.7. The fourth-order valence-electron chi connectivity index (χ4n) is 3.70. The fraction of sp³-hybridized carbons (Fsp3) is 0.550. The number of nitrogens with zero attached hydrogens (tertiary/aromatic N) is 3. The smallest absolute Gasteiger partial charge is 0.341 e. The van der Waals surface area contributed by atoms with E-state index >= 15 is 0 Å². The second-order valence-corrected chi connectivity index (χ2v) is 9.71. The summed E-state index contributed by atoms with van der Waals surface area (Å²) in [5, 5.41) is 18.0. The maximum absolute atomic E-state index is 12.8. The lowest BCUT2D eigenvalue weighted by Crippen LogP contribution is -2.26. The SMILES string of the molecule is COC(=O)c1c(NC(=O)C(C)n2cc([N+](=O)[O-])cn2)sc2c1CCC(C(C)(C)C)C2. The normalized spacial score (nSPS) is 17.2. The second kappa shape index (κ2) is 8.17. The third-order valence-corrected chi connectivity index (χ3v) is 6.86. The molecule has 1 aliphatic rings. The average Bonchev–Trinajstić information content (AvgIpc) is 3.30. The molecule has 0 radical (unpaired) electrons. The van der Waals surface area contributed by atoms with Crippen LogP contribution in [0.2, 0.25) is 0 Å². The van der Waals surface area contributed by atoms with Gasteiger partial charge in [0.05, 0.1) is 17.6 Å². The van der Waals surface area contributed by atoms with Crippen LogP contribution < -0.4 is 5.32 Å². The van der Waals surface area contributed by atoms with Gasteiger partial charge in [-0.05, 0) is 43.1 Å². The summed E-state index contributed by atoms with van der Waals surface area (Å²) in [6.07, 6.45) is 4.89. The number of nitrogens with one attached hydrogen (secondary N) is 1. The van der Waals surface area contributed by atoms with Gasteiger partial charge >= 0.3 is 11.7 Å². The highest BCUT2D eigenvalue weighted by Crippen LogP contribution is 2.44. The summed E-state index contributed by atoms with van der Waals surface area (Å²) >= 11 is 1.41. The van der Waals surface area contributed by atoms with Gasteiger partial charge in [0.2, 0.25) is 5.91 Å². The van der Waals surface area contributed by atoms with Gasteiger partial charge in [-0.3, -0.25) is 19.6 Å². The van der Waals surface area contributed by atoms with Gasteiger partial charge in [-0.1, -0.05) is 20.8 Å². The third kappa shape index (κ3) is 4.23. The lowest BCUT2D eigenvalue weighted by Gasteiger charge is -2.33. The van der Waals surface area contributed by atoms with Gasteiger partial charge in [0.25, 0.3) is 0 Å². The first kappa shape index (κ1) is 21.9. The Balaban J connectivity index is 1.88. The number of aromatic nitrogens is 2. The van der Waals surface area contributed by atoms with E-state index in [1.54, 1.807) is 6.92 Å². The zero-order chi connectivity index (χ0) is 22.2. The maximum Gasteiger partial charge on any atom is 0.341 e. The molecule has 2 atom stereocenters. The lowest BCUT2D eigenvalue weighted by atomic mass is 9.72. The highest BCUT2D eigenvalue weighted by atomic mass is 32.1. The molecule has 2 aromatic rings. The van der Waals surface area contributed by atoms with E-state index in [4.69, 9.17) is 4.74 Å². The summed E-state index contributed by atoms with van der Waals surface area (Å²) in [6.45, 7) is 8.23. The predicted molar refractivity (Wildman–Crippen MR) is 113 cm³/mol. The highest BCUT2D eigenvalue weighted by molar-refractivity contribution is 7.17. The summed E-state index contributed by atoms with van der Waals surface area (Å²) in [4.78, 5) is 36.7. The number of thiophene rings is 1. The number of rotatable bonds is 5. The molecule has 30 heavy (non-hydrogen) atoms. The van der Waals surface area contributed by atoms with Gasteiger partial charge in [-0.15, -0.1) is 11.3 Å². The van der Waals surface area contributed by atoms with Gasteiger partial charge in [0.1, 0.15) is 23.4 Å². The van der Waals surface area contributed by atoms with E-state index in [1.807, 2.05) is 0 Å². The Labute approximate surface area is 178 Å². The number of carbonyl (C=O) groups is 2. The van der Waals surface area contributed by atoms with Crippen molar-refractivity contribution in [2.45, 2.75) is 53.0 Å². The van der Waals surface area contributed by atoms with Crippen molar-refractivity contribution in [1.82, 2.24) is 9.78 Å². The number of esters is 1. The Hall–Kier alpha value is -2.75.